The van der Waals surface area contributed by atoms with Gasteiger partial charge in [-0.2, -0.15) is 0 Å². The second kappa shape index (κ2) is 11.9. The molecule has 10 aromatic rings. The lowest BCUT2D eigenvalue weighted by Gasteiger charge is -2.26. The van der Waals surface area contributed by atoms with Crippen molar-refractivity contribution in [1.82, 2.24) is 9.13 Å². The van der Waals surface area contributed by atoms with Gasteiger partial charge in [-0.3, -0.25) is 0 Å². The molecule has 0 bridgehead atoms. The number of aromatic nitrogens is 2. The van der Waals surface area contributed by atoms with E-state index in [1.165, 1.54) is 54.7 Å². The zero-order chi connectivity index (χ0) is 33.7. The van der Waals surface area contributed by atoms with Crippen LogP contribution in [0.5, 0.6) is 0 Å². The number of nitrogens with zero attached hydrogens (tertiary/aromatic N) is 3. The minimum absolute atomic E-state index is 1.10. The highest BCUT2D eigenvalue weighted by atomic mass is 15.1. The Morgan fingerprint density at radius 1 is 0.333 bits per heavy atom. The van der Waals surface area contributed by atoms with Crippen LogP contribution in [0.3, 0.4) is 0 Å². The summed E-state index contributed by atoms with van der Waals surface area (Å²) < 4.78 is 4.89. The topological polar surface area (TPSA) is 13.1 Å². The van der Waals surface area contributed by atoms with E-state index in [1.54, 1.807) is 0 Å². The Hall–Kier alpha value is -6.84. The van der Waals surface area contributed by atoms with E-state index >= 15 is 0 Å². The van der Waals surface area contributed by atoms with Crippen LogP contribution in [0.2, 0.25) is 0 Å². The fourth-order valence-electron chi connectivity index (χ4n) is 7.77. The van der Waals surface area contributed by atoms with Crippen molar-refractivity contribution < 1.29 is 0 Å². The molecule has 0 atom stereocenters. The number of fused-ring (bicyclic) bond motifs is 6. The van der Waals surface area contributed by atoms with E-state index in [1.807, 2.05) is 0 Å². The lowest BCUT2D eigenvalue weighted by Crippen LogP contribution is -2.10. The third-order valence-corrected chi connectivity index (χ3v) is 10.1. The molecule has 0 radical (unpaired) electrons. The predicted molar refractivity (Wildman–Crippen MR) is 215 cm³/mol. The van der Waals surface area contributed by atoms with Crippen LogP contribution in [0.1, 0.15) is 0 Å². The van der Waals surface area contributed by atoms with Crippen LogP contribution in [0.25, 0.3) is 66.1 Å². The Kier molecular flexibility index (Phi) is 6.81. The second-order valence-electron chi connectivity index (χ2n) is 13.0. The number of benzene rings is 8. The van der Waals surface area contributed by atoms with Crippen LogP contribution in [0.15, 0.2) is 200 Å². The van der Waals surface area contributed by atoms with E-state index in [-0.39, 0.29) is 0 Å². The molecule has 2 aromatic heterocycles. The van der Waals surface area contributed by atoms with Crippen LogP contribution in [-0.4, -0.2) is 9.13 Å². The first kappa shape index (κ1) is 29.1. The minimum atomic E-state index is 1.10. The standard InChI is InChI=1S/C48H33N3/c1-4-15-35(16-5-1)46-33-37-25-31-44-43-22-12-13-23-45(43)50(48(44)47(37)51(46)39-20-8-3-9-21-39)41-29-27-40(28-30-41)49(38-18-6-2-7-19-38)42-26-24-34-14-10-11-17-36(34)32-42/h1-33H. The third kappa shape index (κ3) is 4.82. The van der Waals surface area contributed by atoms with Crippen molar-refractivity contribution in [3.8, 4) is 22.6 Å². The summed E-state index contributed by atoms with van der Waals surface area (Å²) in [7, 11) is 0. The van der Waals surface area contributed by atoms with Gasteiger partial charge in [-0.25, -0.2) is 0 Å². The summed E-state index contributed by atoms with van der Waals surface area (Å²) in [4.78, 5) is 2.34. The van der Waals surface area contributed by atoms with Gasteiger partial charge in [0.15, 0.2) is 0 Å². The average molecular weight is 652 g/mol. The smallest absolute Gasteiger partial charge is 0.0788 e. The fraction of sp³-hybridized carbons (Fsp3) is 0. The maximum absolute atomic E-state index is 2.45. The van der Waals surface area contributed by atoms with Crippen LogP contribution in [0, 0.1) is 0 Å². The summed E-state index contributed by atoms with van der Waals surface area (Å²) >= 11 is 0. The summed E-state index contributed by atoms with van der Waals surface area (Å²) in [5.74, 6) is 0. The van der Waals surface area contributed by atoms with Crippen LogP contribution in [0.4, 0.5) is 17.1 Å². The molecular formula is C48H33N3. The first-order chi connectivity index (χ1) is 25.3. The van der Waals surface area contributed by atoms with Gasteiger partial charge < -0.3 is 14.0 Å². The zero-order valence-corrected chi connectivity index (χ0v) is 27.9. The largest absolute Gasteiger partial charge is 0.310 e. The van der Waals surface area contributed by atoms with Gasteiger partial charge in [-0.1, -0.05) is 127 Å². The lowest BCUT2D eigenvalue weighted by molar-refractivity contribution is 1.12. The molecule has 0 amide bonds. The molecule has 8 aromatic carbocycles. The monoisotopic (exact) mass is 651 g/mol. The van der Waals surface area contributed by atoms with Gasteiger partial charge in [0, 0.05) is 44.6 Å². The van der Waals surface area contributed by atoms with Gasteiger partial charge in [-0.05, 0) is 89.1 Å². The number of hydrogen-bond acceptors (Lipinski definition) is 1. The first-order valence-corrected chi connectivity index (χ1v) is 17.4. The molecule has 3 nitrogen and oxygen atoms in total. The molecule has 10 rings (SSSR count). The van der Waals surface area contributed by atoms with E-state index in [2.05, 4.69) is 214 Å². The Bertz CT molecular complexity index is 2830. The summed E-state index contributed by atoms with van der Waals surface area (Å²) in [5.41, 5.74) is 11.5. The molecule has 0 fully saturated rings. The van der Waals surface area contributed by atoms with E-state index in [0.29, 0.717) is 0 Å². The van der Waals surface area contributed by atoms with Gasteiger partial charge in [0.25, 0.3) is 0 Å². The summed E-state index contributed by atoms with van der Waals surface area (Å²) in [6.07, 6.45) is 0. The van der Waals surface area contributed by atoms with Crippen molar-refractivity contribution >= 4 is 60.5 Å². The van der Waals surface area contributed by atoms with Crippen molar-refractivity contribution in [2.24, 2.45) is 0 Å². The van der Waals surface area contributed by atoms with Gasteiger partial charge >= 0.3 is 0 Å². The Labute approximate surface area is 296 Å². The highest BCUT2D eigenvalue weighted by Crippen LogP contribution is 2.42. The van der Waals surface area contributed by atoms with E-state index in [4.69, 9.17) is 0 Å². The zero-order valence-electron chi connectivity index (χ0n) is 27.9. The molecule has 0 aliphatic heterocycles. The average Bonchev–Trinajstić information content (AvgIpc) is 3.76. The maximum Gasteiger partial charge on any atom is 0.0788 e. The second-order valence-corrected chi connectivity index (χ2v) is 13.0. The molecule has 51 heavy (non-hydrogen) atoms. The van der Waals surface area contributed by atoms with E-state index < -0.39 is 0 Å². The lowest BCUT2D eigenvalue weighted by atomic mass is 10.1. The molecule has 3 heteroatoms. The van der Waals surface area contributed by atoms with Crippen molar-refractivity contribution in [1.29, 1.82) is 0 Å². The molecule has 2 heterocycles. The molecule has 0 saturated carbocycles. The van der Waals surface area contributed by atoms with Crippen molar-refractivity contribution in [2.75, 3.05) is 4.90 Å². The quantitative estimate of drug-likeness (QED) is 0.174. The normalized spacial score (nSPS) is 11.5. The Balaban J connectivity index is 1.21. The highest BCUT2D eigenvalue weighted by molar-refractivity contribution is 6.19. The van der Waals surface area contributed by atoms with Crippen LogP contribution >= 0.6 is 0 Å². The van der Waals surface area contributed by atoms with Crippen LogP contribution < -0.4 is 4.90 Å². The summed E-state index contributed by atoms with van der Waals surface area (Å²) in [6.45, 7) is 0. The predicted octanol–water partition coefficient (Wildman–Crippen LogP) is 13.0. The van der Waals surface area contributed by atoms with E-state index in [0.717, 1.165) is 28.4 Å². The molecule has 0 N–H and O–H groups in total. The van der Waals surface area contributed by atoms with Gasteiger partial charge in [0.2, 0.25) is 0 Å². The van der Waals surface area contributed by atoms with Gasteiger partial charge in [0.05, 0.1) is 22.2 Å². The number of rotatable bonds is 6. The summed E-state index contributed by atoms with van der Waals surface area (Å²) in [6, 6.07) is 72.1. The van der Waals surface area contributed by atoms with Gasteiger partial charge in [0.1, 0.15) is 0 Å². The Morgan fingerprint density at radius 3 is 1.71 bits per heavy atom. The van der Waals surface area contributed by atoms with Crippen molar-refractivity contribution in [3.63, 3.8) is 0 Å². The van der Waals surface area contributed by atoms with Crippen LogP contribution in [-0.2, 0) is 0 Å². The third-order valence-electron chi connectivity index (χ3n) is 10.1. The SMILES string of the molecule is c1ccc(-c2cc3ccc4c5ccccc5n(-c5ccc(N(c6ccccc6)c6ccc7ccccc7c6)cc5)c4c3n2-c2ccccc2)cc1. The van der Waals surface area contributed by atoms with E-state index in [9.17, 15) is 0 Å². The molecule has 0 aliphatic carbocycles. The number of anilines is 3. The Morgan fingerprint density at radius 2 is 0.922 bits per heavy atom. The molecule has 0 saturated heterocycles. The number of hydrogen-bond donors (Lipinski definition) is 0. The highest BCUT2D eigenvalue weighted by Gasteiger charge is 2.21. The summed E-state index contributed by atoms with van der Waals surface area (Å²) in [5, 5.41) is 6.13. The molecule has 240 valence electrons. The first-order valence-electron chi connectivity index (χ1n) is 17.4. The molecular weight excluding hydrogens is 619 g/mol. The van der Waals surface area contributed by atoms with Crippen molar-refractivity contribution in [3.05, 3.63) is 200 Å². The molecule has 0 unspecified atom stereocenters. The minimum Gasteiger partial charge on any atom is -0.310 e. The van der Waals surface area contributed by atoms with Gasteiger partial charge in [-0.15, -0.1) is 0 Å². The molecule has 0 aliphatic rings. The van der Waals surface area contributed by atoms with Crippen molar-refractivity contribution in [2.45, 2.75) is 0 Å². The maximum atomic E-state index is 2.45. The molecule has 0 spiro atoms. The fourth-order valence-corrected chi connectivity index (χ4v) is 7.77. The number of para-hydroxylation sites is 3.